The van der Waals surface area contributed by atoms with Crippen molar-refractivity contribution < 1.29 is 0 Å². The number of rotatable bonds is 4. The summed E-state index contributed by atoms with van der Waals surface area (Å²) in [4.78, 5) is 4.00. The molecule has 2 aromatic rings. The molecular formula is C15H21N3. The Hall–Kier alpha value is -1.64. The van der Waals surface area contributed by atoms with Gasteiger partial charge in [0.15, 0.2) is 0 Å². The summed E-state index contributed by atoms with van der Waals surface area (Å²) in [6.45, 7) is 9.00. The van der Waals surface area contributed by atoms with Crippen molar-refractivity contribution in [2.75, 3.05) is 0 Å². The second-order valence-electron chi connectivity index (χ2n) is 5.48. The summed E-state index contributed by atoms with van der Waals surface area (Å²) >= 11 is 0. The van der Waals surface area contributed by atoms with Gasteiger partial charge in [-0.2, -0.15) is 5.10 Å². The van der Waals surface area contributed by atoms with Gasteiger partial charge in [0.1, 0.15) is 12.7 Å². The highest BCUT2D eigenvalue weighted by atomic mass is 15.3. The lowest BCUT2D eigenvalue weighted by atomic mass is 9.91. The molecule has 0 fully saturated rings. The molecule has 0 unspecified atom stereocenters. The van der Waals surface area contributed by atoms with Crippen LogP contribution in [0.3, 0.4) is 0 Å². The molecule has 3 heteroatoms. The van der Waals surface area contributed by atoms with Crippen molar-refractivity contribution in [2.24, 2.45) is 5.92 Å². The molecule has 0 bridgehead atoms. The minimum atomic E-state index is 0.559. The molecule has 0 atom stereocenters. The topological polar surface area (TPSA) is 30.7 Å². The summed E-state index contributed by atoms with van der Waals surface area (Å²) in [7, 11) is 0. The molecule has 3 nitrogen and oxygen atoms in total. The van der Waals surface area contributed by atoms with Crippen LogP contribution in [0.1, 0.15) is 44.7 Å². The van der Waals surface area contributed by atoms with E-state index in [9.17, 15) is 0 Å². The maximum Gasteiger partial charge on any atom is 0.138 e. The normalized spacial score (nSPS) is 11.4. The van der Waals surface area contributed by atoms with Crippen LogP contribution < -0.4 is 0 Å². The minimum Gasteiger partial charge on any atom is -0.223 e. The maximum absolute atomic E-state index is 4.19. The molecule has 1 aromatic carbocycles. The first kappa shape index (κ1) is 12.8. The fraction of sp³-hybridized carbons (Fsp3) is 0.467. The van der Waals surface area contributed by atoms with E-state index in [-0.39, 0.29) is 0 Å². The molecule has 0 N–H and O–H groups in total. The molecule has 0 aliphatic carbocycles. The Balaban J connectivity index is 2.42. The molecule has 0 spiro atoms. The summed E-state index contributed by atoms with van der Waals surface area (Å²) in [5.41, 5.74) is 3.95. The Bertz CT molecular complexity index is 498. The lowest BCUT2D eigenvalue weighted by molar-refractivity contribution is 0.637. The third-order valence-corrected chi connectivity index (χ3v) is 3.06. The van der Waals surface area contributed by atoms with Crippen LogP contribution in [0.15, 0.2) is 30.9 Å². The van der Waals surface area contributed by atoms with Crippen molar-refractivity contribution in [3.63, 3.8) is 0 Å². The minimum absolute atomic E-state index is 0.559. The van der Waals surface area contributed by atoms with E-state index >= 15 is 0 Å². The highest BCUT2D eigenvalue weighted by molar-refractivity contribution is 5.41. The molecule has 0 saturated heterocycles. The predicted octanol–water partition coefficient (Wildman–Crippen LogP) is 3.59. The van der Waals surface area contributed by atoms with Gasteiger partial charge in [-0.1, -0.05) is 33.8 Å². The quantitative estimate of drug-likeness (QED) is 0.821. The van der Waals surface area contributed by atoms with Gasteiger partial charge in [0.25, 0.3) is 0 Å². The van der Waals surface area contributed by atoms with Gasteiger partial charge in [-0.15, -0.1) is 0 Å². The van der Waals surface area contributed by atoms with Crippen LogP contribution in [0, 0.1) is 5.92 Å². The number of aromatic nitrogens is 3. The SMILES string of the molecule is CC(C)Cc1cc(-n2cncn2)ccc1C(C)C. The van der Waals surface area contributed by atoms with Gasteiger partial charge < -0.3 is 0 Å². The van der Waals surface area contributed by atoms with E-state index < -0.39 is 0 Å². The van der Waals surface area contributed by atoms with Gasteiger partial charge in [-0.05, 0) is 41.5 Å². The van der Waals surface area contributed by atoms with Crippen molar-refractivity contribution in [3.05, 3.63) is 42.0 Å². The zero-order valence-corrected chi connectivity index (χ0v) is 11.6. The van der Waals surface area contributed by atoms with Crippen molar-refractivity contribution >= 4 is 0 Å². The van der Waals surface area contributed by atoms with Crippen LogP contribution in [0.4, 0.5) is 0 Å². The molecule has 0 saturated carbocycles. The van der Waals surface area contributed by atoms with Crippen molar-refractivity contribution in [2.45, 2.75) is 40.0 Å². The van der Waals surface area contributed by atoms with Gasteiger partial charge in [0, 0.05) is 0 Å². The van der Waals surface area contributed by atoms with Crippen LogP contribution in [0.2, 0.25) is 0 Å². The van der Waals surface area contributed by atoms with Crippen LogP contribution in [-0.2, 0) is 6.42 Å². The van der Waals surface area contributed by atoms with Gasteiger partial charge in [-0.3, -0.25) is 0 Å². The first-order valence-electron chi connectivity index (χ1n) is 6.55. The molecule has 0 aliphatic heterocycles. The summed E-state index contributed by atoms with van der Waals surface area (Å²) in [6, 6.07) is 6.58. The average Bonchev–Trinajstić information content (AvgIpc) is 2.81. The molecule has 0 aliphatic rings. The first-order chi connectivity index (χ1) is 8.58. The van der Waals surface area contributed by atoms with Gasteiger partial charge in [-0.25, -0.2) is 9.67 Å². The Morgan fingerprint density at radius 3 is 2.50 bits per heavy atom. The van der Waals surface area contributed by atoms with Crippen LogP contribution >= 0.6 is 0 Å². The fourth-order valence-corrected chi connectivity index (χ4v) is 2.26. The molecule has 96 valence electrons. The fourth-order valence-electron chi connectivity index (χ4n) is 2.26. The number of benzene rings is 1. The van der Waals surface area contributed by atoms with E-state index in [4.69, 9.17) is 0 Å². The summed E-state index contributed by atoms with van der Waals surface area (Å²) in [5, 5.41) is 4.19. The summed E-state index contributed by atoms with van der Waals surface area (Å²) in [6.07, 6.45) is 4.41. The Kier molecular flexibility index (Phi) is 3.80. The van der Waals surface area contributed by atoms with Gasteiger partial charge in [0.2, 0.25) is 0 Å². The lowest BCUT2D eigenvalue weighted by Gasteiger charge is -2.16. The molecule has 1 aromatic heterocycles. The predicted molar refractivity (Wildman–Crippen MR) is 74.0 cm³/mol. The maximum atomic E-state index is 4.19. The van der Waals surface area contributed by atoms with E-state index in [1.165, 1.54) is 11.1 Å². The smallest absolute Gasteiger partial charge is 0.138 e. The third kappa shape index (κ3) is 2.78. The highest BCUT2D eigenvalue weighted by Gasteiger charge is 2.10. The Morgan fingerprint density at radius 1 is 1.17 bits per heavy atom. The van der Waals surface area contributed by atoms with Crippen LogP contribution in [-0.4, -0.2) is 14.8 Å². The average molecular weight is 243 g/mol. The zero-order chi connectivity index (χ0) is 13.1. The van der Waals surface area contributed by atoms with Crippen molar-refractivity contribution in [1.82, 2.24) is 14.8 Å². The molecule has 0 amide bonds. The number of hydrogen-bond donors (Lipinski definition) is 0. The zero-order valence-electron chi connectivity index (χ0n) is 11.6. The number of hydrogen-bond acceptors (Lipinski definition) is 2. The van der Waals surface area contributed by atoms with Crippen molar-refractivity contribution in [1.29, 1.82) is 0 Å². The molecule has 1 heterocycles. The first-order valence-corrected chi connectivity index (χ1v) is 6.55. The largest absolute Gasteiger partial charge is 0.223 e. The standard InChI is InChI=1S/C15H21N3/c1-11(2)7-13-8-14(18-10-16-9-17-18)5-6-15(13)12(3)4/h5-6,8-12H,7H2,1-4H3. The van der Waals surface area contributed by atoms with Gasteiger partial charge >= 0.3 is 0 Å². The number of nitrogens with zero attached hydrogens (tertiary/aromatic N) is 3. The van der Waals surface area contributed by atoms with Crippen molar-refractivity contribution in [3.8, 4) is 5.69 Å². The second kappa shape index (κ2) is 5.34. The van der Waals surface area contributed by atoms with Crippen LogP contribution in [0.25, 0.3) is 5.69 Å². The molecular weight excluding hydrogens is 222 g/mol. The Labute approximate surface area is 109 Å². The monoisotopic (exact) mass is 243 g/mol. The van der Waals surface area contributed by atoms with E-state index in [1.54, 1.807) is 12.7 Å². The van der Waals surface area contributed by atoms with Gasteiger partial charge in [0.05, 0.1) is 5.69 Å². The molecule has 2 rings (SSSR count). The van der Waals surface area contributed by atoms with E-state index in [0.717, 1.165) is 12.1 Å². The van der Waals surface area contributed by atoms with E-state index in [2.05, 4.69) is 56.0 Å². The lowest BCUT2D eigenvalue weighted by Crippen LogP contribution is -2.04. The highest BCUT2D eigenvalue weighted by Crippen LogP contribution is 2.24. The Morgan fingerprint density at radius 2 is 1.94 bits per heavy atom. The second-order valence-corrected chi connectivity index (χ2v) is 5.48. The van der Waals surface area contributed by atoms with E-state index in [1.807, 2.05) is 4.68 Å². The third-order valence-electron chi connectivity index (χ3n) is 3.06. The molecule has 18 heavy (non-hydrogen) atoms. The van der Waals surface area contributed by atoms with E-state index in [0.29, 0.717) is 11.8 Å². The summed E-state index contributed by atoms with van der Waals surface area (Å²) < 4.78 is 1.81. The molecule has 0 radical (unpaired) electrons. The van der Waals surface area contributed by atoms with Crippen LogP contribution in [0.5, 0.6) is 0 Å². The summed E-state index contributed by atoms with van der Waals surface area (Å²) in [5.74, 6) is 1.22.